The van der Waals surface area contributed by atoms with Gasteiger partial charge in [0.2, 0.25) is 35.4 Å². The highest BCUT2D eigenvalue weighted by Crippen LogP contribution is 2.31. The van der Waals surface area contributed by atoms with Gasteiger partial charge in [-0.05, 0) is 111 Å². The Morgan fingerprint density at radius 2 is 1.37 bits per heavy atom. The minimum atomic E-state index is -1.10. The number of amides is 10. The van der Waals surface area contributed by atoms with E-state index < -0.39 is 120 Å². The van der Waals surface area contributed by atoms with Crippen LogP contribution in [0.3, 0.4) is 0 Å². The fourth-order valence-electron chi connectivity index (χ4n) is 11.5. The number of carbonyl (C=O) groups is 9. The summed E-state index contributed by atoms with van der Waals surface area (Å²) < 4.78 is 17.8. The molecule has 1 fully saturated rings. The van der Waals surface area contributed by atoms with E-state index in [0.29, 0.717) is 48.2 Å². The molecule has 91 heavy (non-hydrogen) atoms. The van der Waals surface area contributed by atoms with Crippen LogP contribution in [0.5, 0.6) is 0 Å². The van der Waals surface area contributed by atoms with Gasteiger partial charge in [-0.15, -0.1) is 5.92 Å². The largest absolute Gasteiger partial charge is 0.445 e. The number of ether oxygens (including phenoxy) is 3. The Balaban J connectivity index is 1.41. The standard InChI is InChI=1S/C68H100N10O13/c1-16-23-46-28-32-49(33-29-46)62(82)74-55(40(3)4)64(84)73-51(26-21-36-70-67(69)87)63(83)72-50-34-30-47(31-35-50)39-91-68(88)77(13)57(42(7)8)65(85)75-56(41(5)6)66(86)76(12)58(43(9)17-2)53(89-14)38-54(79)78-37-22-27-52(78)60(90-15)44(10)61(81)71-45(11)59(80)48-24-19-18-20-25-48/h18-20,24-25,28-35,40-45,51-53,55-60,80H,17,21-22,26-27,36-39H2,1-15H3,(H,71,81)(H,72,83)(H,73,84)(H,74,82)(H,75,85)(H3,69,70,87)/t43-,44+,45+,51-,52-,53+,55-,56-,57-,58-,59+,60+/m0/s1. The Hall–Kier alpha value is -8.07. The van der Waals surface area contributed by atoms with Gasteiger partial charge in [-0.1, -0.05) is 117 Å². The van der Waals surface area contributed by atoms with Gasteiger partial charge in [-0.25, -0.2) is 9.59 Å². The molecule has 1 heterocycles. The summed E-state index contributed by atoms with van der Waals surface area (Å²) >= 11 is 0. The van der Waals surface area contributed by atoms with Crippen molar-refractivity contribution in [1.29, 1.82) is 0 Å². The predicted molar refractivity (Wildman–Crippen MR) is 347 cm³/mol. The van der Waals surface area contributed by atoms with Crippen molar-refractivity contribution in [2.75, 3.05) is 46.7 Å². The maximum absolute atomic E-state index is 14.8. The number of likely N-dealkylation sites (tertiary alicyclic amines) is 1. The number of nitrogens with zero attached hydrogens (tertiary/aromatic N) is 3. The van der Waals surface area contributed by atoms with Gasteiger partial charge in [0.05, 0.1) is 48.8 Å². The fourth-order valence-corrected chi connectivity index (χ4v) is 11.5. The second kappa shape index (κ2) is 36.7. The summed E-state index contributed by atoms with van der Waals surface area (Å²) in [6.07, 6.45) is -0.996. The number of benzene rings is 3. The van der Waals surface area contributed by atoms with Gasteiger partial charge in [0.1, 0.15) is 30.8 Å². The number of rotatable bonds is 33. The number of nitrogens with two attached hydrogens (primary N) is 1. The molecule has 23 nitrogen and oxygen atoms in total. The van der Waals surface area contributed by atoms with E-state index in [-0.39, 0.29) is 56.1 Å². The van der Waals surface area contributed by atoms with Crippen LogP contribution in [0.1, 0.15) is 148 Å². The number of primary amides is 1. The molecule has 23 heteroatoms. The molecule has 0 spiro atoms. The van der Waals surface area contributed by atoms with E-state index in [1.54, 1.807) is 140 Å². The van der Waals surface area contributed by atoms with Crippen molar-refractivity contribution in [2.45, 2.75) is 182 Å². The smallest absolute Gasteiger partial charge is 0.410 e. The topological polar surface area (TPSA) is 309 Å². The third kappa shape index (κ3) is 21.8. The summed E-state index contributed by atoms with van der Waals surface area (Å²) in [5.74, 6) is 0.440. The minimum absolute atomic E-state index is 0.0863. The summed E-state index contributed by atoms with van der Waals surface area (Å²) in [6.45, 7) is 20.2. The number of anilines is 1. The van der Waals surface area contributed by atoms with Crippen molar-refractivity contribution < 1.29 is 62.5 Å². The molecule has 0 bridgehead atoms. The van der Waals surface area contributed by atoms with Gasteiger partial charge in [-0.3, -0.25) is 38.5 Å². The Bertz CT molecular complexity index is 2950. The minimum Gasteiger partial charge on any atom is -0.445 e. The number of hydrogen-bond acceptors (Lipinski definition) is 13. The zero-order valence-electron chi connectivity index (χ0n) is 55.8. The van der Waals surface area contributed by atoms with E-state index in [9.17, 15) is 48.3 Å². The van der Waals surface area contributed by atoms with E-state index in [1.807, 2.05) is 32.0 Å². The normalized spacial score (nSPS) is 16.6. The van der Waals surface area contributed by atoms with Gasteiger partial charge in [-0.2, -0.15) is 0 Å². The average molecular weight is 1270 g/mol. The van der Waals surface area contributed by atoms with Crippen LogP contribution in [-0.4, -0.2) is 169 Å². The lowest BCUT2D eigenvalue weighted by Gasteiger charge is -2.41. The monoisotopic (exact) mass is 1260 g/mol. The second-order valence-electron chi connectivity index (χ2n) is 24.7. The summed E-state index contributed by atoms with van der Waals surface area (Å²) in [5, 5.41) is 27.7. The van der Waals surface area contributed by atoms with Gasteiger partial charge in [0.25, 0.3) is 5.91 Å². The van der Waals surface area contributed by atoms with Gasteiger partial charge in [0, 0.05) is 58.2 Å². The number of likely N-dealkylation sites (N-methyl/N-ethyl adjacent to an activating group) is 2. The number of methoxy groups -OCH3 is 2. The molecule has 1 aliphatic heterocycles. The second-order valence-corrected chi connectivity index (χ2v) is 24.7. The molecule has 0 unspecified atom stereocenters. The molecule has 12 atom stereocenters. The molecule has 4 rings (SSSR count). The first-order valence-electron chi connectivity index (χ1n) is 31.5. The van der Waals surface area contributed by atoms with Gasteiger partial charge >= 0.3 is 12.1 Å². The van der Waals surface area contributed by atoms with E-state index in [4.69, 9.17) is 19.9 Å². The van der Waals surface area contributed by atoms with Gasteiger partial charge in [0.15, 0.2) is 0 Å². The number of hydrogen-bond donors (Lipinski definition) is 8. The first-order chi connectivity index (χ1) is 43.1. The van der Waals surface area contributed by atoms with Crippen LogP contribution < -0.4 is 37.6 Å². The highest BCUT2D eigenvalue weighted by Gasteiger charge is 2.44. The highest BCUT2D eigenvalue weighted by molar-refractivity contribution is 6.00. The maximum atomic E-state index is 14.8. The SMILES string of the molecule is CC#Cc1ccc(C(=O)N[C@H](C(=O)N[C@@H](CCCNC(N)=O)C(=O)Nc2ccc(COC(=O)N(C)[C@H](C(=O)N[C@H](C(=O)N(C)[C@@H]([C@@H](C)CC)[C@@H](CC(=O)N3CCC[C@H]3[C@H](OC)[C@@H](C)C(=O)N[C@H](C)[C@@H](O)c3ccccc3)OC)C(C)C)C(C)C)cc2)C(C)C)cc1. The van der Waals surface area contributed by atoms with E-state index >= 15 is 0 Å². The van der Waals surface area contributed by atoms with Crippen molar-refractivity contribution >= 4 is 59.2 Å². The summed E-state index contributed by atoms with van der Waals surface area (Å²) in [4.78, 5) is 128. The number of nitrogens with one attached hydrogen (secondary N) is 6. The van der Waals surface area contributed by atoms with Crippen molar-refractivity contribution in [3.05, 3.63) is 101 Å². The Labute approximate surface area is 537 Å². The lowest BCUT2D eigenvalue weighted by Crippen LogP contribution is -2.60. The molecule has 9 N–H and O–H groups in total. The quantitative estimate of drug-likeness (QED) is 0.0246. The first kappa shape index (κ1) is 75.4. The lowest BCUT2D eigenvalue weighted by atomic mass is 9.89. The highest BCUT2D eigenvalue weighted by atomic mass is 16.6. The van der Waals surface area contributed by atoms with Crippen LogP contribution in [0, 0.1) is 41.4 Å². The number of carbonyl (C=O) groups excluding carboxylic acids is 9. The Morgan fingerprint density at radius 3 is 1.93 bits per heavy atom. The maximum Gasteiger partial charge on any atom is 0.410 e. The first-order valence-corrected chi connectivity index (χ1v) is 31.5. The van der Waals surface area contributed by atoms with Crippen LogP contribution >= 0.6 is 0 Å². The number of urea groups is 1. The fraction of sp³-hybridized carbons (Fsp3) is 0.574. The molecular formula is C68H100N10O13. The van der Waals surface area contributed by atoms with Crippen molar-refractivity contribution in [1.82, 2.24) is 41.3 Å². The van der Waals surface area contributed by atoms with E-state index in [1.165, 1.54) is 26.2 Å². The predicted octanol–water partition coefficient (Wildman–Crippen LogP) is 6.28. The lowest BCUT2D eigenvalue weighted by molar-refractivity contribution is -0.148. The number of aliphatic hydroxyl groups excluding tert-OH is 1. The van der Waals surface area contributed by atoms with Crippen LogP contribution in [0.15, 0.2) is 78.9 Å². The van der Waals surface area contributed by atoms with E-state index in [0.717, 1.165) is 5.56 Å². The third-order valence-electron chi connectivity index (χ3n) is 16.9. The average Bonchev–Trinajstić information content (AvgIpc) is 2.04. The zero-order chi connectivity index (χ0) is 67.8. The molecule has 10 amide bonds. The molecule has 1 saturated heterocycles. The van der Waals surface area contributed by atoms with Crippen LogP contribution in [0.4, 0.5) is 15.3 Å². The summed E-state index contributed by atoms with van der Waals surface area (Å²) in [6, 6.07) is 15.5. The van der Waals surface area contributed by atoms with E-state index in [2.05, 4.69) is 43.7 Å². The molecule has 0 radical (unpaired) electrons. The molecule has 500 valence electrons. The van der Waals surface area contributed by atoms with Crippen LogP contribution in [0.2, 0.25) is 0 Å². The molecule has 0 saturated carbocycles. The Kier molecular flexibility index (Phi) is 30.4. The van der Waals surface area contributed by atoms with Gasteiger partial charge < -0.3 is 66.8 Å². The van der Waals surface area contributed by atoms with Crippen LogP contribution in [-0.2, 0) is 49.6 Å². The molecule has 3 aromatic carbocycles. The summed E-state index contributed by atoms with van der Waals surface area (Å²) in [5.41, 5.74) is 7.86. The van der Waals surface area contributed by atoms with Crippen molar-refractivity contribution in [3.8, 4) is 11.8 Å². The van der Waals surface area contributed by atoms with Crippen molar-refractivity contribution in [2.24, 2.45) is 35.3 Å². The molecule has 1 aliphatic rings. The zero-order valence-corrected chi connectivity index (χ0v) is 55.8. The molecule has 0 aliphatic carbocycles. The molecule has 0 aromatic heterocycles. The number of aliphatic hydroxyl groups is 1. The summed E-state index contributed by atoms with van der Waals surface area (Å²) in [7, 11) is 6.10. The van der Waals surface area contributed by atoms with Crippen LogP contribution in [0.25, 0.3) is 0 Å². The molecular weight excluding hydrogens is 1160 g/mol. The third-order valence-corrected chi connectivity index (χ3v) is 16.9. The molecule has 3 aromatic rings. The van der Waals surface area contributed by atoms with Crippen molar-refractivity contribution in [3.63, 3.8) is 0 Å². The Morgan fingerprint density at radius 1 is 0.736 bits per heavy atom.